The minimum atomic E-state index is -4.41. The molecule has 0 unspecified atom stereocenters. The van der Waals surface area contributed by atoms with E-state index < -0.39 is 25.3 Å². The molecule has 3 nitrogen and oxygen atoms in total. The van der Waals surface area contributed by atoms with E-state index in [1.54, 1.807) is 30.3 Å². The van der Waals surface area contributed by atoms with Crippen LogP contribution in [0.2, 0.25) is 0 Å². The monoisotopic (exact) mass is 233 g/mol. The molecule has 0 saturated carbocycles. The summed E-state index contributed by atoms with van der Waals surface area (Å²) in [6, 6.07) is 8.41. The SMILES string of the molecule is O=C(COCC(F)(F)F)Nc1ccccc1. The highest BCUT2D eigenvalue weighted by Crippen LogP contribution is 2.14. The fraction of sp³-hybridized carbons (Fsp3) is 0.300. The third-order valence-electron chi connectivity index (χ3n) is 1.56. The lowest BCUT2D eigenvalue weighted by molar-refractivity contribution is -0.174. The third-order valence-corrected chi connectivity index (χ3v) is 1.56. The van der Waals surface area contributed by atoms with Crippen LogP contribution in [0.1, 0.15) is 0 Å². The molecule has 0 saturated heterocycles. The maximum absolute atomic E-state index is 11.7. The Bertz CT molecular complexity index is 338. The Hall–Kier alpha value is -1.56. The summed E-state index contributed by atoms with van der Waals surface area (Å²) in [7, 11) is 0. The molecule has 0 aliphatic carbocycles. The van der Waals surface area contributed by atoms with Crippen molar-refractivity contribution in [1.82, 2.24) is 0 Å². The largest absolute Gasteiger partial charge is 0.411 e. The summed E-state index contributed by atoms with van der Waals surface area (Å²) in [6.07, 6.45) is -4.41. The van der Waals surface area contributed by atoms with Gasteiger partial charge in [0, 0.05) is 5.69 Å². The van der Waals surface area contributed by atoms with E-state index in [9.17, 15) is 18.0 Å². The van der Waals surface area contributed by atoms with E-state index in [0.717, 1.165) is 0 Å². The predicted octanol–water partition coefficient (Wildman–Crippen LogP) is 2.20. The summed E-state index contributed by atoms with van der Waals surface area (Å²) in [6.45, 7) is -2.04. The molecular formula is C10H10F3NO2. The van der Waals surface area contributed by atoms with Gasteiger partial charge in [0.05, 0.1) is 0 Å². The molecule has 1 aromatic rings. The van der Waals surface area contributed by atoms with Crippen LogP contribution in [0.5, 0.6) is 0 Å². The number of ether oxygens (including phenoxy) is 1. The number of anilines is 1. The number of carbonyl (C=O) groups is 1. The highest BCUT2D eigenvalue weighted by atomic mass is 19.4. The van der Waals surface area contributed by atoms with Gasteiger partial charge in [0.2, 0.25) is 5.91 Å². The van der Waals surface area contributed by atoms with Gasteiger partial charge in [-0.15, -0.1) is 0 Å². The first-order valence-corrected chi connectivity index (χ1v) is 4.47. The van der Waals surface area contributed by atoms with Gasteiger partial charge in [0.25, 0.3) is 0 Å². The molecule has 1 aromatic carbocycles. The second kappa shape index (κ2) is 5.50. The Balaban J connectivity index is 2.27. The number of para-hydroxylation sites is 1. The number of rotatable bonds is 4. The highest BCUT2D eigenvalue weighted by Gasteiger charge is 2.27. The maximum Gasteiger partial charge on any atom is 0.411 e. The number of benzene rings is 1. The van der Waals surface area contributed by atoms with Gasteiger partial charge in [-0.25, -0.2) is 0 Å². The molecule has 0 fully saturated rings. The summed E-state index contributed by atoms with van der Waals surface area (Å²) in [5, 5.41) is 2.40. The predicted molar refractivity (Wildman–Crippen MR) is 51.9 cm³/mol. The lowest BCUT2D eigenvalue weighted by atomic mass is 10.3. The molecule has 88 valence electrons. The summed E-state index contributed by atoms with van der Waals surface area (Å²) in [5.41, 5.74) is 0.517. The van der Waals surface area contributed by atoms with Crippen LogP contribution < -0.4 is 5.32 Å². The quantitative estimate of drug-likeness (QED) is 0.865. The first-order valence-electron chi connectivity index (χ1n) is 4.47. The van der Waals surface area contributed by atoms with Crippen LogP contribution in [0.25, 0.3) is 0 Å². The Morgan fingerprint density at radius 1 is 1.25 bits per heavy atom. The Morgan fingerprint density at radius 3 is 2.44 bits per heavy atom. The molecule has 0 aliphatic heterocycles. The molecule has 0 spiro atoms. The van der Waals surface area contributed by atoms with Gasteiger partial charge >= 0.3 is 6.18 Å². The van der Waals surface area contributed by atoms with Gasteiger partial charge < -0.3 is 10.1 Å². The van der Waals surface area contributed by atoms with Crippen molar-refractivity contribution < 1.29 is 22.7 Å². The Morgan fingerprint density at radius 2 is 1.88 bits per heavy atom. The van der Waals surface area contributed by atoms with Crippen LogP contribution in [-0.2, 0) is 9.53 Å². The second-order valence-electron chi connectivity index (χ2n) is 3.02. The molecule has 16 heavy (non-hydrogen) atoms. The third kappa shape index (κ3) is 5.35. The molecular weight excluding hydrogens is 223 g/mol. The summed E-state index contributed by atoms with van der Waals surface area (Å²) >= 11 is 0. The topological polar surface area (TPSA) is 38.3 Å². The zero-order valence-electron chi connectivity index (χ0n) is 8.25. The van der Waals surface area contributed by atoms with Crippen LogP contribution in [-0.4, -0.2) is 25.3 Å². The number of nitrogens with one attached hydrogen (secondary N) is 1. The number of amides is 1. The Labute approximate surface area is 90.2 Å². The van der Waals surface area contributed by atoms with Gasteiger partial charge in [-0.3, -0.25) is 4.79 Å². The fourth-order valence-electron chi connectivity index (χ4n) is 0.978. The van der Waals surface area contributed by atoms with Gasteiger partial charge in [0.1, 0.15) is 13.2 Å². The average Bonchev–Trinajstić information content (AvgIpc) is 2.17. The van der Waals surface area contributed by atoms with Crippen molar-refractivity contribution in [2.24, 2.45) is 0 Å². The smallest absolute Gasteiger partial charge is 0.362 e. The van der Waals surface area contributed by atoms with E-state index in [2.05, 4.69) is 10.1 Å². The normalized spacial score (nSPS) is 11.2. The number of carbonyl (C=O) groups excluding carboxylic acids is 1. The van der Waals surface area contributed by atoms with E-state index in [1.807, 2.05) is 0 Å². The van der Waals surface area contributed by atoms with Crippen LogP contribution in [0.15, 0.2) is 30.3 Å². The van der Waals surface area contributed by atoms with Crippen molar-refractivity contribution in [2.75, 3.05) is 18.5 Å². The summed E-state index contributed by atoms with van der Waals surface area (Å²) in [4.78, 5) is 11.1. The van der Waals surface area contributed by atoms with Crippen LogP contribution in [0.3, 0.4) is 0 Å². The van der Waals surface area contributed by atoms with E-state index >= 15 is 0 Å². The fourth-order valence-corrected chi connectivity index (χ4v) is 0.978. The minimum Gasteiger partial charge on any atom is -0.362 e. The summed E-state index contributed by atoms with van der Waals surface area (Å²) < 4.78 is 39.2. The number of alkyl halides is 3. The summed E-state index contributed by atoms with van der Waals surface area (Å²) in [5.74, 6) is -0.615. The zero-order valence-corrected chi connectivity index (χ0v) is 8.25. The second-order valence-corrected chi connectivity index (χ2v) is 3.02. The van der Waals surface area contributed by atoms with Crippen molar-refractivity contribution in [2.45, 2.75) is 6.18 Å². The van der Waals surface area contributed by atoms with Crippen LogP contribution in [0.4, 0.5) is 18.9 Å². The van der Waals surface area contributed by atoms with Gasteiger partial charge in [-0.05, 0) is 12.1 Å². The average molecular weight is 233 g/mol. The number of halogens is 3. The zero-order chi connectivity index (χ0) is 12.0. The maximum atomic E-state index is 11.7. The number of hydrogen-bond acceptors (Lipinski definition) is 2. The molecule has 1 amide bonds. The van der Waals surface area contributed by atoms with Crippen molar-refractivity contribution in [3.8, 4) is 0 Å². The van der Waals surface area contributed by atoms with E-state index in [1.165, 1.54) is 0 Å². The first kappa shape index (κ1) is 12.5. The molecule has 1 N–H and O–H groups in total. The Kier molecular flexibility index (Phi) is 4.30. The van der Waals surface area contributed by atoms with Crippen LogP contribution in [0, 0.1) is 0 Å². The standard InChI is InChI=1S/C10H10F3NO2/c11-10(12,13)7-16-6-9(15)14-8-4-2-1-3-5-8/h1-5H,6-7H2,(H,14,15). The number of hydrogen-bond donors (Lipinski definition) is 1. The van der Waals surface area contributed by atoms with Crippen molar-refractivity contribution in [3.63, 3.8) is 0 Å². The molecule has 0 radical (unpaired) electrons. The molecule has 0 aliphatic rings. The van der Waals surface area contributed by atoms with Crippen LogP contribution >= 0.6 is 0 Å². The van der Waals surface area contributed by atoms with Crippen molar-refractivity contribution >= 4 is 11.6 Å². The van der Waals surface area contributed by atoms with Crippen molar-refractivity contribution in [3.05, 3.63) is 30.3 Å². The molecule has 0 atom stereocenters. The molecule has 0 heterocycles. The molecule has 0 aromatic heterocycles. The van der Waals surface area contributed by atoms with E-state index in [4.69, 9.17) is 0 Å². The van der Waals surface area contributed by atoms with E-state index in [-0.39, 0.29) is 0 Å². The van der Waals surface area contributed by atoms with Gasteiger partial charge in [-0.1, -0.05) is 18.2 Å². The highest BCUT2D eigenvalue weighted by molar-refractivity contribution is 5.91. The molecule has 1 rings (SSSR count). The lowest BCUT2D eigenvalue weighted by Crippen LogP contribution is -2.23. The lowest BCUT2D eigenvalue weighted by Gasteiger charge is -2.08. The van der Waals surface area contributed by atoms with Gasteiger partial charge in [-0.2, -0.15) is 13.2 Å². The van der Waals surface area contributed by atoms with E-state index in [0.29, 0.717) is 5.69 Å². The first-order chi connectivity index (χ1) is 7.47. The minimum absolute atomic E-state index is 0.517. The van der Waals surface area contributed by atoms with Crippen molar-refractivity contribution in [1.29, 1.82) is 0 Å². The molecule has 6 heteroatoms. The molecule has 0 bridgehead atoms. The van der Waals surface area contributed by atoms with Gasteiger partial charge in [0.15, 0.2) is 0 Å².